The zero-order chi connectivity index (χ0) is 18.7. The molecule has 3 rings (SSSR count). The van der Waals surface area contributed by atoms with E-state index in [9.17, 15) is 14.4 Å². The molecule has 26 heavy (non-hydrogen) atoms. The van der Waals surface area contributed by atoms with Gasteiger partial charge in [0.15, 0.2) is 12.0 Å². The van der Waals surface area contributed by atoms with Crippen LogP contribution in [0.4, 0.5) is 5.69 Å². The number of para-hydroxylation sites is 1. The largest absolute Gasteiger partial charge is 0.450 e. The minimum atomic E-state index is -0.873. The SMILES string of the molecule is Cc1cc(I)ccc1NC(=O)COC(=O)c1cc(=O)c2ccccc2o1. The molecule has 132 valence electrons. The summed E-state index contributed by atoms with van der Waals surface area (Å²) in [6.45, 7) is 1.38. The first kappa shape index (κ1) is 18.1. The Hall–Kier alpha value is -2.68. The number of nitrogens with one attached hydrogen (secondary N) is 1. The van der Waals surface area contributed by atoms with Gasteiger partial charge < -0.3 is 14.5 Å². The van der Waals surface area contributed by atoms with E-state index in [0.29, 0.717) is 11.1 Å². The van der Waals surface area contributed by atoms with Crippen LogP contribution in [0.15, 0.2) is 57.7 Å². The summed E-state index contributed by atoms with van der Waals surface area (Å²) in [6.07, 6.45) is 0. The number of benzene rings is 2. The predicted octanol–water partition coefficient (Wildman–Crippen LogP) is 3.50. The van der Waals surface area contributed by atoms with Crippen LogP contribution in [0.2, 0.25) is 0 Å². The first-order valence-corrected chi connectivity index (χ1v) is 8.78. The van der Waals surface area contributed by atoms with Gasteiger partial charge >= 0.3 is 5.97 Å². The van der Waals surface area contributed by atoms with Crippen molar-refractivity contribution >= 4 is 51.1 Å². The van der Waals surface area contributed by atoms with E-state index >= 15 is 0 Å². The molecular weight excluding hydrogens is 449 g/mol. The van der Waals surface area contributed by atoms with E-state index in [-0.39, 0.29) is 16.8 Å². The quantitative estimate of drug-likeness (QED) is 0.473. The molecule has 1 heterocycles. The van der Waals surface area contributed by atoms with Crippen LogP contribution in [0, 0.1) is 10.5 Å². The molecule has 3 aromatic rings. The van der Waals surface area contributed by atoms with Crippen molar-refractivity contribution in [3.05, 3.63) is 73.6 Å². The highest BCUT2D eigenvalue weighted by Gasteiger charge is 2.15. The fourth-order valence-electron chi connectivity index (χ4n) is 2.36. The van der Waals surface area contributed by atoms with E-state index < -0.39 is 18.5 Å². The third kappa shape index (κ3) is 4.10. The minimum Gasteiger partial charge on any atom is -0.450 e. The Morgan fingerprint density at radius 3 is 2.69 bits per heavy atom. The van der Waals surface area contributed by atoms with Crippen molar-refractivity contribution in [3.8, 4) is 0 Å². The number of amides is 1. The van der Waals surface area contributed by atoms with Crippen molar-refractivity contribution in [1.29, 1.82) is 0 Å². The Morgan fingerprint density at radius 2 is 1.92 bits per heavy atom. The summed E-state index contributed by atoms with van der Waals surface area (Å²) >= 11 is 2.18. The Bertz CT molecular complexity index is 1060. The van der Waals surface area contributed by atoms with Crippen LogP contribution < -0.4 is 10.7 Å². The van der Waals surface area contributed by atoms with Gasteiger partial charge in [-0.1, -0.05) is 12.1 Å². The van der Waals surface area contributed by atoms with Crippen molar-refractivity contribution < 1.29 is 18.7 Å². The molecule has 7 heteroatoms. The number of anilines is 1. The summed E-state index contributed by atoms with van der Waals surface area (Å²) in [5.74, 6) is -1.60. The van der Waals surface area contributed by atoms with Crippen LogP contribution in [0.3, 0.4) is 0 Å². The molecule has 0 saturated heterocycles. The van der Waals surface area contributed by atoms with Gasteiger partial charge in [0.1, 0.15) is 5.58 Å². The van der Waals surface area contributed by atoms with Gasteiger partial charge in [-0.3, -0.25) is 9.59 Å². The topological polar surface area (TPSA) is 85.6 Å². The van der Waals surface area contributed by atoms with Crippen molar-refractivity contribution in [2.24, 2.45) is 0 Å². The van der Waals surface area contributed by atoms with Gasteiger partial charge in [-0.2, -0.15) is 0 Å². The van der Waals surface area contributed by atoms with Gasteiger partial charge in [0.05, 0.1) is 5.39 Å². The fraction of sp³-hybridized carbons (Fsp3) is 0.105. The highest BCUT2D eigenvalue weighted by molar-refractivity contribution is 14.1. The van der Waals surface area contributed by atoms with Crippen LogP contribution in [0.1, 0.15) is 16.1 Å². The Kier molecular flexibility index (Phi) is 5.36. The molecule has 1 amide bonds. The van der Waals surface area contributed by atoms with E-state index in [1.165, 1.54) is 0 Å². The first-order chi connectivity index (χ1) is 12.4. The second-order valence-electron chi connectivity index (χ2n) is 5.55. The normalized spacial score (nSPS) is 10.5. The van der Waals surface area contributed by atoms with Crippen LogP contribution in [0.5, 0.6) is 0 Å². The lowest BCUT2D eigenvalue weighted by molar-refractivity contribution is -0.119. The molecule has 6 nitrogen and oxygen atoms in total. The predicted molar refractivity (Wildman–Crippen MR) is 105 cm³/mol. The summed E-state index contributed by atoms with van der Waals surface area (Å²) < 4.78 is 11.4. The van der Waals surface area contributed by atoms with Crippen LogP contribution in [-0.4, -0.2) is 18.5 Å². The van der Waals surface area contributed by atoms with Crippen LogP contribution >= 0.6 is 22.6 Å². The summed E-state index contributed by atoms with van der Waals surface area (Å²) in [7, 11) is 0. The third-order valence-electron chi connectivity index (χ3n) is 3.63. The Labute approximate surface area is 162 Å². The van der Waals surface area contributed by atoms with Crippen molar-refractivity contribution in [1.82, 2.24) is 0 Å². The number of carbonyl (C=O) groups is 2. The van der Waals surface area contributed by atoms with Gasteiger partial charge in [0.25, 0.3) is 5.91 Å². The number of esters is 1. The Balaban J connectivity index is 1.67. The van der Waals surface area contributed by atoms with E-state index in [4.69, 9.17) is 9.15 Å². The standard InChI is InChI=1S/C19H14INO5/c1-11-8-12(20)6-7-14(11)21-18(23)10-25-19(24)17-9-15(22)13-4-2-3-5-16(13)26-17/h2-9H,10H2,1H3,(H,21,23). The van der Waals surface area contributed by atoms with E-state index in [0.717, 1.165) is 15.2 Å². The lowest BCUT2D eigenvalue weighted by atomic mass is 10.2. The number of hydrogen-bond donors (Lipinski definition) is 1. The molecule has 0 aliphatic rings. The molecule has 0 atom stereocenters. The number of carbonyl (C=O) groups excluding carboxylic acids is 2. The maximum atomic E-state index is 12.1. The van der Waals surface area contributed by atoms with Gasteiger partial charge in [-0.05, 0) is 65.4 Å². The molecule has 0 fully saturated rings. The van der Waals surface area contributed by atoms with Gasteiger partial charge in [-0.15, -0.1) is 0 Å². The van der Waals surface area contributed by atoms with Crippen molar-refractivity contribution in [2.75, 3.05) is 11.9 Å². The maximum Gasteiger partial charge on any atom is 0.374 e. The second-order valence-corrected chi connectivity index (χ2v) is 6.80. The number of fused-ring (bicyclic) bond motifs is 1. The lowest BCUT2D eigenvalue weighted by Gasteiger charge is -2.09. The summed E-state index contributed by atoms with van der Waals surface area (Å²) in [5, 5.41) is 3.04. The minimum absolute atomic E-state index is 0.244. The van der Waals surface area contributed by atoms with Gasteiger partial charge in [-0.25, -0.2) is 4.79 Å². The summed E-state index contributed by atoms with van der Waals surface area (Å²) in [5.41, 5.74) is 1.48. The number of aryl methyl sites for hydroxylation is 1. The van der Waals surface area contributed by atoms with E-state index in [1.807, 2.05) is 19.1 Å². The monoisotopic (exact) mass is 463 g/mol. The van der Waals surface area contributed by atoms with Gasteiger partial charge in [0, 0.05) is 15.3 Å². The zero-order valence-corrected chi connectivity index (χ0v) is 15.9. The van der Waals surface area contributed by atoms with Crippen LogP contribution in [-0.2, 0) is 9.53 Å². The van der Waals surface area contributed by atoms with Crippen molar-refractivity contribution in [2.45, 2.75) is 6.92 Å². The number of ether oxygens (including phenoxy) is 1. The molecule has 1 aromatic heterocycles. The highest BCUT2D eigenvalue weighted by atomic mass is 127. The molecule has 0 unspecified atom stereocenters. The zero-order valence-electron chi connectivity index (χ0n) is 13.7. The smallest absolute Gasteiger partial charge is 0.374 e. The van der Waals surface area contributed by atoms with Gasteiger partial charge in [0.2, 0.25) is 5.76 Å². The second kappa shape index (κ2) is 7.69. The average molecular weight is 463 g/mol. The molecule has 1 N–H and O–H groups in total. The number of halogens is 1. The van der Waals surface area contributed by atoms with E-state index in [2.05, 4.69) is 27.9 Å². The molecule has 0 aliphatic heterocycles. The molecule has 0 aliphatic carbocycles. The Morgan fingerprint density at radius 1 is 1.15 bits per heavy atom. The lowest BCUT2D eigenvalue weighted by Crippen LogP contribution is -2.21. The third-order valence-corrected chi connectivity index (χ3v) is 4.30. The average Bonchev–Trinajstić information content (AvgIpc) is 2.62. The maximum absolute atomic E-state index is 12.1. The highest BCUT2D eigenvalue weighted by Crippen LogP contribution is 2.17. The molecular formula is C19H14INO5. The first-order valence-electron chi connectivity index (χ1n) is 7.70. The molecule has 0 spiro atoms. The molecule has 0 bridgehead atoms. The molecule has 0 radical (unpaired) electrons. The van der Waals surface area contributed by atoms with E-state index in [1.54, 1.807) is 30.3 Å². The number of hydrogen-bond acceptors (Lipinski definition) is 5. The summed E-state index contributed by atoms with van der Waals surface area (Å²) in [6, 6.07) is 13.2. The number of rotatable bonds is 4. The molecule has 2 aromatic carbocycles. The van der Waals surface area contributed by atoms with Crippen molar-refractivity contribution in [3.63, 3.8) is 0 Å². The molecule has 0 saturated carbocycles. The fourth-order valence-corrected chi connectivity index (χ4v) is 3.01. The van der Waals surface area contributed by atoms with Crippen LogP contribution in [0.25, 0.3) is 11.0 Å². The summed E-state index contributed by atoms with van der Waals surface area (Å²) in [4.78, 5) is 36.1.